The maximum atomic E-state index is 13.0. The van der Waals surface area contributed by atoms with E-state index in [1.165, 1.54) is 0 Å². The van der Waals surface area contributed by atoms with Crippen molar-refractivity contribution in [1.82, 2.24) is 10.6 Å². The standard InChI is InChI=1S/C18H24N2O3/c21-16-8-9-18(13-20-16,15-6-2-1-3-7-15)17(22)19-11-14-5-4-10-23-12-14/h1-3,6-7,14H,4-5,8-13H2,(H,19,22)(H,20,21)/t14-,18-/m1/s1. The third-order valence-corrected chi connectivity index (χ3v) is 4.93. The first kappa shape index (κ1) is 16.0. The van der Waals surface area contributed by atoms with E-state index in [9.17, 15) is 9.59 Å². The molecule has 2 aliphatic heterocycles. The van der Waals surface area contributed by atoms with Crippen molar-refractivity contribution >= 4 is 11.8 Å². The van der Waals surface area contributed by atoms with Crippen molar-refractivity contribution in [2.24, 2.45) is 5.92 Å². The van der Waals surface area contributed by atoms with Crippen LogP contribution in [0.3, 0.4) is 0 Å². The Kier molecular flexibility index (Phi) is 4.96. The highest BCUT2D eigenvalue weighted by molar-refractivity contribution is 5.91. The summed E-state index contributed by atoms with van der Waals surface area (Å²) in [4.78, 5) is 24.5. The summed E-state index contributed by atoms with van der Waals surface area (Å²) in [5.41, 5.74) is 0.308. The van der Waals surface area contributed by atoms with Crippen LogP contribution in [0.4, 0.5) is 0 Å². The molecule has 23 heavy (non-hydrogen) atoms. The van der Waals surface area contributed by atoms with Gasteiger partial charge >= 0.3 is 0 Å². The minimum absolute atomic E-state index is 0.00859. The number of amides is 2. The molecule has 2 heterocycles. The highest BCUT2D eigenvalue weighted by Crippen LogP contribution is 2.32. The molecule has 5 heteroatoms. The van der Waals surface area contributed by atoms with Gasteiger partial charge in [-0.15, -0.1) is 0 Å². The normalized spacial score (nSPS) is 28.0. The van der Waals surface area contributed by atoms with Gasteiger partial charge in [0, 0.05) is 26.1 Å². The van der Waals surface area contributed by atoms with Gasteiger partial charge in [-0.05, 0) is 30.7 Å². The van der Waals surface area contributed by atoms with Gasteiger partial charge in [-0.3, -0.25) is 9.59 Å². The van der Waals surface area contributed by atoms with Gasteiger partial charge in [-0.25, -0.2) is 0 Å². The third kappa shape index (κ3) is 3.55. The Bertz CT molecular complexity index is 543. The highest BCUT2D eigenvalue weighted by atomic mass is 16.5. The Labute approximate surface area is 136 Å². The molecule has 0 saturated carbocycles. The molecule has 0 aromatic heterocycles. The second kappa shape index (κ2) is 7.13. The smallest absolute Gasteiger partial charge is 0.232 e. The molecule has 0 unspecified atom stereocenters. The fourth-order valence-electron chi connectivity index (χ4n) is 3.46. The molecule has 0 spiro atoms. The Hall–Kier alpha value is -1.88. The number of piperidine rings is 1. The second-order valence-electron chi connectivity index (χ2n) is 6.52. The lowest BCUT2D eigenvalue weighted by Gasteiger charge is -2.37. The van der Waals surface area contributed by atoms with Crippen LogP contribution in [0.25, 0.3) is 0 Å². The Morgan fingerprint density at radius 1 is 1.35 bits per heavy atom. The van der Waals surface area contributed by atoms with Crippen LogP contribution in [0.1, 0.15) is 31.2 Å². The molecule has 1 aromatic carbocycles. The summed E-state index contributed by atoms with van der Waals surface area (Å²) in [6.45, 7) is 2.55. The quantitative estimate of drug-likeness (QED) is 0.882. The first-order valence-electron chi connectivity index (χ1n) is 8.39. The summed E-state index contributed by atoms with van der Waals surface area (Å²) < 4.78 is 5.48. The molecule has 5 nitrogen and oxygen atoms in total. The average Bonchev–Trinajstić information content (AvgIpc) is 2.62. The molecule has 3 rings (SSSR count). The van der Waals surface area contributed by atoms with E-state index in [-0.39, 0.29) is 11.8 Å². The summed E-state index contributed by atoms with van der Waals surface area (Å²) in [5.74, 6) is 0.415. The molecular formula is C18H24N2O3. The van der Waals surface area contributed by atoms with E-state index in [1.807, 2.05) is 30.3 Å². The number of hydrogen-bond acceptors (Lipinski definition) is 3. The monoisotopic (exact) mass is 316 g/mol. The summed E-state index contributed by atoms with van der Waals surface area (Å²) in [6.07, 6.45) is 3.08. The van der Waals surface area contributed by atoms with Gasteiger partial charge in [0.2, 0.25) is 11.8 Å². The fraction of sp³-hybridized carbons (Fsp3) is 0.556. The van der Waals surface area contributed by atoms with Crippen LogP contribution < -0.4 is 10.6 Å². The van der Waals surface area contributed by atoms with E-state index in [1.54, 1.807) is 0 Å². The molecular weight excluding hydrogens is 292 g/mol. The summed E-state index contributed by atoms with van der Waals surface area (Å²) in [6, 6.07) is 9.77. The van der Waals surface area contributed by atoms with Crippen molar-refractivity contribution in [3.05, 3.63) is 35.9 Å². The molecule has 1 aromatic rings. The van der Waals surface area contributed by atoms with Crippen molar-refractivity contribution in [2.45, 2.75) is 31.1 Å². The molecule has 2 N–H and O–H groups in total. The second-order valence-corrected chi connectivity index (χ2v) is 6.52. The summed E-state index contributed by atoms with van der Waals surface area (Å²) >= 11 is 0. The zero-order chi connectivity index (χ0) is 16.1. The van der Waals surface area contributed by atoms with Gasteiger partial charge in [0.05, 0.1) is 12.0 Å². The van der Waals surface area contributed by atoms with Crippen LogP contribution in [0.5, 0.6) is 0 Å². The lowest BCUT2D eigenvalue weighted by Crippen LogP contribution is -2.55. The fourth-order valence-corrected chi connectivity index (χ4v) is 3.46. The number of carbonyl (C=O) groups excluding carboxylic acids is 2. The van der Waals surface area contributed by atoms with Crippen LogP contribution in [0, 0.1) is 5.92 Å². The molecule has 2 amide bonds. The van der Waals surface area contributed by atoms with Crippen LogP contribution >= 0.6 is 0 Å². The number of nitrogens with one attached hydrogen (secondary N) is 2. The van der Waals surface area contributed by atoms with Crippen molar-refractivity contribution < 1.29 is 14.3 Å². The van der Waals surface area contributed by atoms with Crippen LogP contribution in [0.2, 0.25) is 0 Å². The number of rotatable bonds is 4. The van der Waals surface area contributed by atoms with E-state index < -0.39 is 5.41 Å². The van der Waals surface area contributed by atoms with Crippen molar-refractivity contribution in [1.29, 1.82) is 0 Å². The average molecular weight is 316 g/mol. The predicted octanol–water partition coefficient (Wildman–Crippen LogP) is 1.38. The minimum atomic E-state index is -0.662. The van der Waals surface area contributed by atoms with Gasteiger partial charge in [-0.2, -0.15) is 0 Å². The van der Waals surface area contributed by atoms with Gasteiger partial charge in [0.1, 0.15) is 0 Å². The maximum Gasteiger partial charge on any atom is 0.232 e. The molecule has 0 bridgehead atoms. The molecule has 0 radical (unpaired) electrons. The topological polar surface area (TPSA) is 67.4 Å². The van der Waals surface area contributed by atoms with E-state index >= 15 is 0 Å². The van der Waals surface area contributed by atoms with Gasteiger partial charge < -0.3 is 15.4 Å². The molecule has 2 atom stereocenters. The number of hydrogen-bond donors (Lipinski definition) is 2. The number of ether oxygens (including phenoxy) is 1. The minimum Gasteiger partial charge on any atom is -0.381 e. The van der Waals surface area contributed by atoms with Crippen LogP contribution in [-0.4, -0.2) is 38.1 Å². The first-order chi connectivity index (χ1) is 11.2. The summed E-state index contributed by atoms with van der Waals surface area (Å²) in [7, 11) is 0. The zero-order valence-electron chi connectivity index (χ0n) is 13.3. The first-order valence-corrected chi connectivity index (χ1v) is 8.39. The zero-order valence-corrected chi connectivity index (χ0v) is 13.3. The number of benzene rings is 1. The molecule has 124 valence electrons. The highest BCUT2D eigenvalue weighted by Gasteiger charge is 2.43. The van der Waals surface area contributed by atoms with Gasteiger partial charge in [0.25, 0.3) is 0 Å². The molecule has 2 fully saturated rings. The predicted molar refractivity (Wildman–Crippen MR) is 86.9 cm³/mol. The van der Waals surface area contributed by atoms with Crippen molar-refractivity contribution in [3.63, 3.8) is 0 Å². The number of carbonyl (C=O) groups is 2. The molecule has 2 aliphatic rings. The van der Waals surface area contributed by atoms with Crippen LogP contribution in [0.15, 0.2) is 30.3 Å². The van der Waals surface area contributed by atoms with E-state index in [0.717, 1.165) is 31.6 Å². The van der Waals surface area contributed by atoms with Gasteiger partial charge in [-0.1, -0.05) is 30.3 Å². The SMILES string of the molecule is O=C1CC[C@](C(=O)NC[C@H]2CCCOC2)(c2ccccc2)CN1. The Morgan fingerprint density at radius 2 is 2.17 bits per heavy atom. The van der Waals surface area contributed by atoms with Gasteiger partial charge in [0.15, 0.2) is 0 Å². The van der Waals surface area contributed by atoms with E-state index in [0.29, 0.717) is 31.8 Å². The third-order valence-electron chi connectivity index (χ3n) is 4.93. The largest absolute Gasteiger partial charge is 0.381 e. The lowest BCUT2D eigenvalue weighted by molar-refractivity contribution is -0.131. The maximum absolute atomic E-state index is 13.0. The Balaban J connectivity index is 1.72. The van der Waals surface area contributed by atoms with Crippen LogP contribution in [-0.2, 0) is 19.7 Å². The molecule has 2 saturated heterocycles. The van der Waals surface area contributed by atoms with E-state index in [4.69, 9.17) is 4.74 Å². The van der Waals surface area contributed by atoms with Crippen molar-refractivity contribution in [2.75, 3.05) is 26.3 Å². The van der Waals surface area contributed by atoms with Crippen molar-refractivity contribution in [3.8, 4) is 0 Å². The summed E-state index contributed by atoms with van der Waals surface area (Å²) in [5, 5.41) is 5.97. The molecule has 0 aliphatic carbocycles. The van der Waals surface area contributed by atoms with E-state index in [2.05, 4.69) is 10.6 Å². The lowest BCUT2D eigenvalue weighted by atomic mass is 9.73. The Morgan fingerprint density at radius 3 is 2.83 bits per heavy atom.